The maximum Gasteiger partial charge on any atom is 0.352 e. The number of anilines is 1. The monoisotopic (exact) mass is 524 g/mol. The highest BCUT2D eigenvalue weighted by Gasteiger charge is 2.54. The number of rotatable bonds is 10. The number of carboxylic acids is 1. The van der Waals surface area contributed by atoms with Crippen molar-refractivity contribution in [2.24, 2.45) is 5.73 Å². The van der Waals surface area contributed by atoms with Crippen molar-refractivity contribution in [3.63, 3.8) is 0 Å². The van der Waals surface area contributed by atoms with E-state index in [4.69, 9.17) is 11.5 Å². The van der Waals surface area contributed by atoms with Gasteiger partial charge in [-0.1, -0.05) is 11.8 Å². The first-order valence-corrected chi connectivity index (χ1v) is 12.9. The number of carbonyl (C=O) groups is 4. The molecular weight excluding hydrogens is 504 g/mol. The smallest absolute Gasteiger partial charge is 0.352 e. The van der Waals surface area contributed by atoms with Gasteiger partial charge in [0.1, 0.15) is 17.1 Å². The average molecular weight is 525 g/mol. The number of carboxylic acid groups (broad SMARTS) is 1. The van der Waals surface area contributed by atoms with Gasteiger partial charge in [-0.05, 0) is 27.4 Å². The van der Waals surface area contributed by atoms with Crippen molar-refractivity contribution in [2.45, 2.75) is 36.0 Å². The Labute approximate surface area is 205 Å². The molecule has 0 saturated carbocycles. The molecule has 4 rings (SSSR count). The number of nitrogen functional groups attached to an aromatic ring is 1. The van der Waals surface area contributed by atoms with Crippen LogP contribution in [0.15, 0.2) is 27.9 Å². The molecule has 2 aliphatic rings. The largest absolute Gasteiger partial charge is 0.477 e. The van der Waals surface area contributed by atoms with Gasteiger partial charge in [0, 0.05) is 28.5 Å². The van der Waals surface area contributed by atoms with Crippen molar-refractivity contribution in [1.29, 1.82) is 0 Å². The van der Waals surface area contributed by atoms with E-state index in [-0.39, 0.29) is 36.7 Å². The van der Waals surface area contributed by atoms with E-state index in [2.05, 4.69) is 20.8 Å². The lowest BCUT2D eigenvalue weighted by Crippen LogP contribution is -2.70. The van der Waals surface area contributed by atoms with Crippen LogP contribution >= 0.6 is 34.9 Å². The number of nitrogens with one attached hydrogen (secondary N) is 1. The summed E-state index contributed by atoms with van der Waals surface area (Å²) >= 11 is 3.93. The van der Waals surface area contributed by atoms with Crippen molar-refractivity contribution in [3.05, 3.63) is 27.6 Å². The third-order valence-corrected chi connectivity index (χ3v) is 8.43. The predicted octanol–water partition coefficient (Wildman–Crippen LogP) is -0.734. The summed E-state index contributed by atoms with van der Waals surface area (Å²) < 4.78 is 1.41. The molecule has 0 aliphatic carbocycles. The zero-order chi connectivity index (χ0) is 24.4. The number of amides is 3. The number of hydrogen-bond acceptors (Lipinski definition) is 11. The number of β-lactam (4-membered cyclic amide) rings is 1. The quantitative estimate of drug-likeness (QED) is 0.225. The Morgan fingerprint density at radius 1 is 1.35 bits per heavy atom. The number of thiophene rings is 1. The van der Waals surface area contributed by atoms with Crippen molar-refractivity contribution >= 4 is 64.2 Å². The Bertz CT molecular complexity index is 1180. The number of thioether (sulfide) groups is 2. The summed E-state index contributed by atoms with van der Waals surface area (Å²) in [6, 6.07) is 0.906. The van der Waals surface area contributed by atoms with Crippen LogP contribution in [-0.4, -0.2) is 76.8 Å². The summed E-state index contributed by atoms with van der Waals surface area (Å²) in [5, 5.41) is 25.5. The Hall–Kier alpha value is -3.11. The minimum absolute atomic E-state index is 0.0542. The van der Waals surface area contributed by atoms with E-state index in [1.165, 1.54) is 44.4 Å². The first-order valence-electron chi connectivity index (χ1n) is 9.94. The first-order chi connectivity index (χ1) is 16.3. The number of hydrogen-bond donors (Lipinski definition) is 4. The molecular formula is C18H20N8O5S3. The molecule has 1 fully saturated rings. The summed E-state index contributed by atoms with van der Waals surface area (Å²) in [5.41, 5.74) is 11.9. The Morgan fingerprint density at radius 2 is 2.15 bits per heavy atom. The third-order valence-electron chi connectivity index (χ3n) is 5.11. The van der Waals surface area contributed by atoms with Crippen LogP contribution in [0.4, 0.5) is 5.69 Å². The van der Waals surface area contributed by atoms with Crippen molar-refractivity contribution in [2.75, 3.05) is 17.2 Å². The zero-order valence-electron chi connectivity index (χ0n) is 17.5. The average Bonchev–Trinajstić information content (AvgIpc) is 3.42. The molecule has 6 N–H and O–H groups in total. The van der Waals surface area contributed by atoms with Crippen LogP contribution < -0.4 is 16.8 Å². The molecule has 2 aromatic rings. The van der Waals surface area contributed by atoms with Gasteiger partial charge < -0.3 is 21.9 Å². The second-order valence-electron chi connectivity index (χ2n) is 7.38. The summed E-state index contributed by atoms with van der Waals surface area (Å²) in [5.74, 6) is -1.95. The molecule has 0 aromatic carbocycles. The molecule has 2 unspecified atom stereocenters. The highest BCUT2D eigenvalue weighted by atomic mass is 32.2. The number of fused-ring (bicyclic) bond motifs is 1. The molecule has 180 valence electrons. The minimum Gasteiger partial charge on any atom is -0.477 e. The number of primary amides is 1. The van der Waals surface area contributed by atoms with Gasteiger partial charge in [0.2, 0.25) is 17.0 Å². The molecule has 2 atom stereocenters. The molecule has 3 amide bonds. The van der Waals surface area contributed by atoms with Crippen molar-refractivity contribution in [3.8, 4) is 0 Å². The van der Waals surface area contributed by atoms with Gasteiger partial charge in [-0.3, -0.25) is 19.3 Å². The van der Waals surface area contributed by atoms with Gasteiger partial charge in [0.05, 0.1) is 13.0 Å². The van der Waals surface area contributed by atoms with E-state index in [0.29, 0.717) is 27.0 Å². The summed E-state index contributed by atoms with van der Waals surface area (Å²) in [4.78, 5) is 50.1. The number of tetrazole rings is 1. The number of nitrogens with zero attached hydrogens (tertiary/aromatic N) is 5. The van der Waals surface area contributed by atoms with Gasteiger partial charge in [-0.2, -0.15) is 0 Å². The summed E-state index contributed by atoms with van der Waals surface area (Å²) in [6.07, 6.45) is 0.117. The third kappa shape index (κ3) is 4.88. The van der Waals surface area contributed by atoms with Crippen LogP contribution in [0.2, 0.25) is 0 Å². The molecule has 16 heteroatoms. The standard InChI is InChI=1S/C18H20N8O5S3/c19-9-2-4-32-10(9)5-12(28)21-13-15(29)26-14(17(30)31)8(6-33-16(13)26)7-34-18-22-23-24-25(18)3-1-11(20)27/h2,4,13,16H,1,3,5-7,19H2,(H2,20,27)(H,21,28)(H,30,31). The zero-order valence-corrected chi connectivity index (χ0v) is 20.0. The minimum atomic E-state index is -1.22. The molecule has 2 aromatic heterocycles. The lowest BCUT2D eigenvalue weighted by molar-refractivity contribution is -0.150. The summed E-state index contributed by atoms with van der Waals surface area (Å²) in [7, 11) is 0. The number of carbonyl (C=O) groups excluding carboxylic acids is 3. The molecule has 0 bridgehead atoms. The normalized spacial score (nSPS) is 19.5. The van der Waals surface area contributed by atoms with Gasteiger partial charge in [0.15, 0.2) is 0 Å². The van der Waals surface area contributed by atoms with Crippen LogP contribution in [0.1, 0.15) is 11.3 Å². The molecule has 13 nitrogen and oxygen atoms in total. The number of aliphatic carboxylic acids is 1. The van der Waals surface area contributed by atoms with E-state index in [1.807, 2.05) is 0 Å². The molecule has 0 spiro atoms. The van der Waals surface area contributed by atoms with E-state index < -0.39 is 29.2 Å². The van der Waals surface area contributed by atoms with Crippen LogP contribution in [0.3, 0.4) is 0 Å². The lowest BCUT2D eigenvalue weighted by Gasteiger charge is -2.49. The maximum atomic E-state index is 12.8. The lowest BCUT2D eigenvalue weighted by atomic mass is 10.0. The number of aryl methyl sites for hydroxylation is 1. The first kappa shape index (κ1) is 24.0. The van der Waals surface area contributed by atoms with E-state index in [1.54, 1.807) is 11.4 Å². The second-order valence-corrected chi connectivity index (χ2v) is 10.4. The number of nitrogens with two attached hydrogens (primary N) is 2. The molecule has 0 radical (unpaired) electrons. The Balaban J connectivity index is 1.42. The van der Waals surface area contributed by atoms with Gasteiger partial charge in [-0.15, -0.1) is 28.2 Å². The van der Waals surface area contributed by atoms with Gasteiger partial charge >= 0.3 is 5.97 Å². The van der Waals surface area contributed by atoms with Crippen LogP contribution in [0, 0.1) is 0 Å². The van der Waals surface area contributed by atoms with E-state index in [9.17, 15) is 24.3 Å². The highest BCUT2D eigenvalue weighted by Crippen LogP contribution is 2.41. The SMILES string of the molecule is NC(=O)CCn1nnnc1SCC1=C(C(=O)O)N2C(=O)C(NC(=O)Cc3sccc3N)C2SC1. The fraction of sp³-hybridized carbons (Fsp3) is 0.389. The predicted molar refractivity (Wildman–Crippen MR) is 124 cm³/mol. The molecule has 34 heavy (non-hydrogen) atoms. The molecule has 2 aliphatic heterocycles. The highest BCUT2D eigenvalue weighted by molar-refractivity contribution is 8.01. The van der Waals surface area contributed by atoms with Crippen LogP contribution in [0.5, 0.6) is 0 Å². The molecule has 1 saturated heterocycles. The van der Waals surface area contributed by atoms with Crippen LogP contribution in [0.25, 0.3) is 0 Å². The maximum absolute atomic E-state index is 12.8. The fourth-order valence-corrected chi connectivity index (χ4v) is 6.65. The van der Waals surface area contributed by atoms with Gasteiger partial charge in [0.25, 0.3) is 5.91 Å². The topological polar surface area (TPSA) is 199 Å². The van der Waals surface area contributed by atoms with Crippen LogP contribution in [-0.2, 0) is 32.1 Å². The van der Waals surface area contributed by atoms with E-state index in [0.717, 1.165) is 0 Å². The Kier molecular flexibility index (Phi) is 7.08. The summed E-state index contributed by atoms with van der Waals surface area (Å²) in [6.45, 7) is 0.204. The Morgan fingerprint density at radius 3 is 2.82 bits per heavy atom. The second kappa shape index (κ2) is 10.0. The fourth-order valence-electron chi connectivity index (χ4n) is 3.47. The molecule has 4 heterocycles. The van der Waals surface area contributed by atoms with Gasteiger partial charge in [-0.25, -0.2) is 9.48 Å². The van der Waals surface area contributed by atoms with Crippen molar-refractivity contribution in [1.82, 2.24) is 30.4 Å². The van der Waals surface area contributed by atoms with Crippen molar-refractivity contribution < 1.29 is 24.3 Å². The number of aromatic nitrogens is 4. The van der Waals surface area contributed by atoms with E-state index >= 15 is 0 Å².